The lowest BCUT2D eigenvalue weighted by Crippen LogP contribution is -2.55. The maximum atomic E-state index is 15.8. The number of pyridine rings is 1. The van der Waals surface area contributed by atoms with Crippen molar-refractivity contribution in [2.45, 2.75) is 45.1 Å². The van der Waals surface area contributed by atoms with Gasteiger partial charge in [-0.1, -0.05) is 0 Å². The van der Waals surface area contributed by atoms with Crippen LogP contribution in [0.2, 0.25) is 0 Å². The number of morpholine rings is 1. The van der Waals surface area contributed by atoms with Crippen molar-refractivity contribution in [1.82, 2.24) is 19.4 Å². The highest BCUT2D eigenvalue weighted by molar-refractivity contribution is 6.07. The minimum absolute atomic E-state index is 0.00749. The minimum atomic E-state index is -4.95. The molecule has 0 spiro atoms. The Hall–Kier alpha value is -4.04. The summed E-state index contributed by atoms with van der Waals surface area (Å²) >= 11 is 0. The number of piperazine rings is 1. The second-order valence-electron chi connectivity index (χ2n) is 11.5. The van der Waals surface area contributed by atoms with Crippen LogP contribution in [0.25, 0.3) is 11.1 Å². The van der Waals surface area contributed by atoms with Crippen LogP contribution in [-0.4, -0.2) is 83.4 Å². The third-order valence-corrected chi connectivity index (χ3v) is 8.29. The number of nitrogens with one attached hydrogen (secondary N) is 1. The number of rotatable bonds is 5. The Kier molecular flexibility index (Phi) is 8.67. The first-order valence-corrected chi connectivity index (χ1v) is 14.3. The van der Waals surface area contributed by atoms with Crippen molar-refractivity contribution in [3.05, 3.63) is 64.1 Å². The van der Waals surface area contributed by atoms with Gasteiger partial charge in [-0.05, 0) is 40.0 Å². The molecule has 10 nitrogen and oxygen atoms in total. The van der Waals surface area contributed by atoms with Crippen LogP contribution in [0.4, 0.5) is 34.9 Å². The predicted molar refractivity (Wildman–Crippen MR) is 159 cm³/mol. The summed E-state index contributed by atoms with van der Waals surface area (Å²) < 4.78 is 63.9. The van der Waals surface area contributed by atoms with Gasteiger partial charge in [-0.15, -0.1) is 0 Å². The predicted octanol–water partition coefficient (Wildman–Crippen LogP) is 4.01. The van der Waals surface area contributed by atoms with Gasteiger partial charge in [0.25, 0.3) is 11.5 Å². The molecule has 3 atom stereocenters. The molecule has 236 valence electrons. The number of hydrogen-bond acceptors (Lipinski definition) is 8. The Morgan fingerprint density at radius 3 is 2.27 bits per heavy atom. The largest absolute Gasteiger partial charge is 0.417 e. The molecule has 44 heavy (non-hydrogen) atoms. The van der Waals surface area contributed by atoms with Crippen LogP contribution in [0.3, 0.4) is 0 Å². The highest BCUT2D eigenvalue weighted by Gasteiger charge is 2.37. The van der Waals surface area contributed by atoms with E-state index in [1.165, 1.54) is 31.6 Å². The summed E-state index contributed by atoms with van der Waals surface area (Å²) in [5.41, 5.74) is -2.17. The molecule has 0 saturated carbocycles. The van der Waals surface area contributed by atoms with Gasteiger partial charge in [0.15, 0.2) is 0 Å². The van der Waals surface area contributed by atoms with Gasteiger partial charge >= 0.3 is 6.18 Å². The number of alkyl halides is 3. The van der Waals surface area contributed by atoms with E-state index >= 15 is 4.39 Å². The molecule has 0 radical (unpaired) electrons. The van der Waals surface area contributed by atoms with Crippen LogP contribution >= 0.6 is 0 Å². The molecule has 0 aliphatic carbocycles. The highest BCUT2D eigenvalue weighted by atomic mass is 19.4. The molecule has 3 aromatic rings. The number of benzene rings is 1. The second kappa shape index (κ2) is 12.2. The van der Waals surface area contributed by atoms with E-state index in [-0.39, 0.29) is 29.4 Å². The number of ether oxygens (including phenoxy) is 1. The molecular formula is C30H35F4N7O3. The number of carbonyl (C=O) groups is 1. The third-order valence-electron chi connectivity index (χ3n) is 8.29. The monoisotopic (exact) mass is 617 g/mol. The third kappa shape index (κ3) is 6.41. The van der Waals surface area contributed by atoms with Gasteiger partial charge in [-0.2, -0.15) is 13.2 Å². The maximum Gasteiger partial charge on any atom is 0.417 e. The average molecular weight is 618 g/mol. The molecule has 2 saturated heterocycles. The van der Waals surface area contributed by atoms with Crippen molar-refractivity contribution >= 4 is 23.2 Å². The van der Waals surface area contributed by atoms with Crippen molar-refractivity contribution in [1.29, 1.82) is 0 Å². The fourth-order valence-corrected chi connectivity index (χ4v) is 5.61. The Labute approximate surface area is 252 Å². The molecule has 1 amide bonds. The number of aryl methyl sites for hydroxylation is 1. The fraction of sp³-hybridized carbons (Fsp3) is 0.467. The van der Waals surface area contributed by atoms with Crippen LogP contribution in [0.5, 0.6) is 0 Å². The van der Waals surface area contributed by atoms with Crippen LogP contribution in [0, 0.1) is 5.82 Å². The number of aromatic nitrogens is 3. The van der Waals surface area contributed by atoms with Crippen molar-refractivity contribution in [2.24, 2.45) is 7.05 Å². The van der Waals surface area contributed by atoms with E-state index in [0.29, 0.717) is 56.1 Å². The van der Waals surface area contributed by atoms with E-state index in [1.807, 2.05) is 37.6 Å². The SMILES string of the molecule is C[C@@H]1CN(c2ncc(-c3cc(NC(=O)c4cn(C)c(=O)cc4C(F)(F)F)c(N4C[C@@H](C)N(C)[C@@H](C)C4)cc3F)cn2)CCO1. The normalized spacial score (nSPS) is 21.4. The molecular weight excluding hydrogens is 582 g/mol. The Morgan fingerprint density at radius 2 is 1.66 bits per heavy atom. The Morgan fingerprint density at radius 1 is 1.00 bits per heavy atom. The maximum absolute atomic E-state index is 15.8. The molecule has 2 aliphatic rings. The first kappa shape index (κ1) is 31.4. The van der Waals surface area contributed by atoms with Gasteiger partial charge in [0.05, 0.1) is 35.2 Å². The molecule has 14 heteroatoms. The minimum Gasteiger partial charge on any atom is -0.375 e. The molecule has 2 aliphatic heterocycles. The van der Waals surface area contributed by atoms with Crippen LogP contribution in [-0.2, 0) is 18.0 Å². The van der Waals surface area contributed by atoms with Crippen LogP contribution in [0.1, 0.15) is 36.7 Å². The molecule has 2 aromatic heterocycles. The van der Waals surface area contributed by atoms with Crippen molar-refractivity contribution < 1.29 is 27.1 Å². The van der Waals surface area contributed by atoms with E-state index in [1.54, 1.807) is 0 Å². The standard InChI is InChI=1S/C30H35F4N7O3/c1-17-13-41(14-18(2)39(17)5)26-10-24(31)21(20-11-35-29(36-12-20)40-6-7-44-19(3)15-40)8-25(26)37-28(43)22-16-38(4)27(42)9-23(22)30(32,33)34/h8-12,16-19H,6-7,13-15H2,1-5H3,(H,37,43)/t17-,18+,19-/m1/s1. The molecule has 0 bridgehead atoms. The number of amides is 1. The highest BCUT2D eigenvalue weighted by Crippen LogP contribution is 2.37. The summed E-state index contributed by atoms with van der Waals surface area (Å²) in [6.07, 6.45) is -1.14. The van der Waals surface area contributed by atoms with Gasteiger partial charge in [-0.3, -0.25) is 14.5 Å². The van der Waals surface area contributed by atoms with Crippen LogP contribution in [0.15, 0.2) is 41.6 Å². The van der Waals surface area contributed by atoms with Gasteiger partial charge < -0.3 is 24.4 Å². The summed E-state index contributed by atoms with van der Waals surface area (Å²) in [7, 11) is 3.24. The average Bonchev–Trinajstić information content (AvgIpc) is 2.97. The zero-order valence-corrected chi connectivity index (χ0v) is 25.2. The van der Waals surface area contributed by atoms with Gasteiger partial charge in [0, 0.05) is 81.1 Å². The number of halogens is 4. The summed E-state index contributed by atoms with van der Waals surface area (Å²) in [6, 6.07) is 3.21. The smallest absolute Gasteiger partial charge is 0.375 e. The second-order valence-corrected chi connectivity index (χ2v) is 11.5. The Balaban J connectivity index is 1.55. The summed E-state index contributed by atoms with van der Waals surface area (Å²) in [6.45, 7) is 8.70. The zero-order chi connectivity index (χ0) is 31.9. The molecule has 1 N–H and O–H groups in total. The first-order valence-electron chi connectivity index (χ1n) is 14.3. The van der Waals surface area contributed by atoms with Crippen LogP contribution < -0.4 is 20.7 Å². The van der Waals surface area contributed by atoms with Gasteiger partial charge in [0.1, 0.15) is 5.82 Å². The van der Waals surface area contributed by atoms with E-state index < -0.39 is 34.6 Å². The summed E-state index contributed by atoms with van der Waals surface area (Å²) in [5.74, 6) is -1.23. The molecule has 1 aromatic carbocycles. The topological polar surface area (TPSA) is 95.8 Å². The lowest BCUT2D eigenvalue weighted by Gasteiger charge is -2.44. The number of likely N-dealkylation sites (N-methyl/N-ethyl adjacent to an activating group) is 1. The molecule has 4 heterocycles. The number of anilines is 3. The first-order chi connectivity index (χ1) is 20.7. The van der Waals surface area contributed by atoms with Crippen molar-refractivity contribution in [2.75, 3.05) is 55.0 Å². The lowest BCUT2D eigenvalue weighted by molar-refractivity contribution is -0.138. The Bertz CT molecular complexity index is 1580. The van der Waals surface area contributed by atoms with Crippen molar-refractivity contribution in [3.63, 3.8) is 0 Å². The van der Waals surface area contributed by atoms with E-state index in [2.05, 4.69) is 20.2 Å². The fourth-order valence-electron chi connectivity index (χ4n) is 5.61. The quantitative estimate of drug-likeness (QED) is 0.430. The zero-order valence-electron chi connectivity index (χ0n) is 25.2. The van der Waals surface area contributed by atoms with Crippen molar-refractivity contribution in [3.8, 4) is 11.1 Å². The van der Waals surface area contributed by atoms with Gasteiger partial charge in [-0.25, -0.2) is 14.4 Å². The van der Waals surface area contributed by atoms with E-state index in [9.17, 15) is 22.8 Å². The molecule has 0 unspecified atom stereocenters. The summed E-state index contributed by atoms with van der Waals surface area (Å²) in [5, 5.41) is 2.59. The molecule has 5 rings (SSSR count). The van der Waals surface area contributed by atoms with Gasteiger partial charge in [0.2, 0.25) is 5.95 Å². The lowest BCUT2D eigenvalue weighted by atomic mass is 10.0. The number of hydrogen-bond donors (Lipinski definition) is 1. The molecule has 2 fully saturated rings. The van der Waals surface area contributed by atoms with E-state index in [0.717, 1.165) is 10.8 Å². The number of carbonyl (C=O) groups excluding carboxylic acids is 1. The van der Waals surface area contributed by atoms with E-state index in [4.69, 9.17) is 4.74 Å². The summed E-state index contributed by atoms with van der Waals surface area (Å²) in [4.78, 5) is 40.3. The number of nitrogens with zero attached hydrogens (tertiary/aromatic N) is 6.